The minimum Gasteiger partial charge on any atom is -0.378 e. The molecule has 1 saturated carbocycles. The van der Waals surface area contributed by atoms with Crippen LogP contribution >= 0.6 is 11.3 Å². The summed E-state index contributed by atoms with van der Waals surface area (Å²) in [6.45, 7) is 2.55. The van der Waals surface area contributed by atoms with Gasteiger partial charge in [0.1, 0.15) is 5.01 Å². The van der Waals surface area contributed by atoms with Gasteiger partial charge in [-0.1, -0.05) is 12.8 Å². The number of thiazole rings is 1. The molecule has 0 bridgehead atoms. The highest BCUT2D eigenvalue weighted by molar-refractivity contribution is 7.09. The molecule has 2 heterocycles. The topological polar surface area (TPSA) is 34.1 Å². The monoisotopic (exact) mass is 238 g/mol. The Kier molecular flexibility index (Phi) is 3.22. The number of aromatic nitrogens is 1. The van der Waals surface area contributed by atoms with Gasteiger partial charge in [0.2, 0.25) is 0 Å². The van der Waals surface area contributed by atoms with E-state index in [4.69, 9.17) is 9.72 Å². The number of hydrogen-bond acceptors (Lipinski definition) is 4. The molecule has 3 rings (SSSR count). The third-order valence-corrected chi connectivity index (χ3v) is 4.51. The standard InChI is InChI=1S/C12H18N2OS/c1-2-4-9(3-1)11-8-16-12(14-11)10-7-15-6-5-13-10/h8-10,13H,1-7H2. The predicted molar refractivity (Wildman–Crippen MR) is 64.9 cm³/mol. The van der Waals surface area contributed by atoms with Gasteiger partial charge in [-0.15, -0.1) is 11.3 Å². The van der Waals surface area contributed by atoms with Gasteiger partial charge in [0, 0.05) is 17.8 Å². The summed E-state index contributed by atoms with van der Waals surface area (Å²) in [5, 5.41) is 6.92. The second-order valence-electron chi connectivity index (χ2n) is 4.67. The van der Waals surface area contributed by atoms with E-state index in [1.165, 1.54) is 36.4 Å². The molecule has 3 nitrogen and oxygen atoms in total. The van der Waals surface area contributed by atoms with E-state index in [0.717, 1.165) is 25.7 Å². The maximum absolute atomic E-state index is 5.48. The summed E-state index contributed by atoms with van der Waals surface area (Å²) < 4.78 is 5.48. The molecule has 1 unspecified atom stereocenters. The Morgan fingerprint density at radius 2 is 2.25 bits per heavy atom. The van der Waals surface area contributed by atoms with Crippen molar-refractivity contribution in [2.75, 3.05) is 19.8 Å². The first-order chi connectivity index (χ1) is 7.93. The molecule has 4 heteroatoms. The zero-order valence-corrected chi connectivity index (χ0v) is 10.3. The molecule has 1 atom stereocenters. The molecule has 2 aliphatic rings. The van der Waals surface area contributed by atoms with E-state index >= 15 is 0 Å². The SMILES string of the molecule is c1sc(C2COCCN2)nc1C1CCCC1. The average Bonchev–Trinajstić information content (AvgIpc) is 3.01. The van der Waals surface area contributed by atoms with Crippen LogP contribution in [0.2, 0.25) is 0 Å². The highest BCUT2D eigenvalue weighted by Gasteiger charge is 2.23. The van der Waals surface area contributed by atoms with Crippen molar-refractivity contribution in [1.29, 1.82) is 0 Å². The minimum atomic E-state index is 0.328. The van der Waals surface area contributed by atoms with Crippen molar-refractivity contribution in [3.63, 3.8) is 0 Å². The van der Waals surface area contributed by atoms with Crippen LogP contribution in [0.4, 0.5) is 0 Å². The van der Waals surface area contributed by atoms with Gasteiger partial charge < -0.3 is 10.1 Å². The van der Waals surface area contributed by atoms with Gasteiger partial charge in [0.15, 0.2) is 0 Å². The lowest BCUT2D eigenvalue weighted by Gasteiger charge is -2.21. The van der Waals surface area contributed by atoms with E-state index in [1.807, 2.05) is 0 Å². The summed E-state index contributed by atoms with van der Waals surface area (Å²) in [5.74, 6) is 0.731. The van der Waals surface area contributed by atoms with Crippen molar-refractivity contribution in [2.45, 2.75) is 37.6 Å². The van der Waals surface area contributed by atoms with Gasteiger partial charge >= 0.3 is 0 Å². The first kappa shape index (κ1) is 10.7. The van der Waals surface area contributed by atoms with Crippen LogP contribution in [0.1, 0.15) is 48.3 Å². The third-order valence-electron chi connectivity index (χ3n) is 3.53. The van der Waals surface area contributed by atoms with Crippen LogP contribution in [0.5, 0.6) is 0 Å². The molecule has 1 aliphatic carbocycles. The van der Waals surface area contributed by atoms with Gasteiger partial charge in [0.25, 0.3) is 0 Å². The number of hydrogen-bond donors (Lipinski definition) is 1. The highest BCUT2D eigenvalue weighted by Crippen LogP contribution is 2.35. The van der Waals surface area contributed by atoms with Crippen molar-refractivity contribution in [3.8, 4) is 0 Å². The Morgan fingerprint density at radius 3 is 3.00 bits per heavy atom. The lowest BCUT2D eigenvalue weighted by Crippen LogP contribution is -2.34. The molecular weight excluding hydrogens is 220 g/mol. The van der Waals surface area contributed by atoms with E-state index in [0.29, 0.717) is 6.04 Å². The van der Waals surface area contributed by atoms with Crippen LogP contribution in [-0.4, -0.2) is 24.7 Å². The quantitative estimate of drug-likeness (QED) is 0.859. The van der Waals surface area contributed by atoms with Crippen molar-refractivity contribution in [2.24, 2.45) is 0 Å². The van der Waals surface area contributed by atoms with Crippen LogP contribution in [0.15, 0.2) is 5.38 Å². The third kappa shape index (κ3) is 2.14. The summed E-state index contributed by atoms with van der Waals surface area (Å²) in [4.78, 5) is 4.79. The highest BCUT2D eigenvalue weighted by atomic mass is 32.1. The molecule has 0 radical (unpaired) electrons. The minimum absolute atomic E-state index is 0.328. The van der Waals surface area contributed by atoms with Crippen LogP contribution in [-0.2, 0) is 4.74 Å². The van der Waals surface area contributed by atoms with Crippen molar-refractivity contribution in [3.05, 3.63) is 16.1 Å². The second kappa shape index (κ2) is 4.82. The summed E-state index contributed by atoms with van der Waals surface area (Å²) in [6.07, 6.45) is 5.42. The maximum Gasteiger partial charge on any atom is 0.112 e. The van der Waals surface area contributed by atoms with E-state index < -0.39 is 0 Å². The molecule has 88 valence electrons. The summed E-state index contributed by atoms with van der Waals surface area (Å²) in [6, 6.07) is 0.328. The molecule has 1 N–H and O–H groups in total. The molecular formula is C12H18N2OS. The van der Waals surface area contributed by atoms with Gasteiger partial charge in [-0.2, -0.15) is 0 Å². The Morgan fingerprint density at radius 1 is 1.38 bits per heavy atom. The van der Waals surface area contributed by atoms with Crippen LogP contribution < -0.4 is 5.32 Å². The predicted octanol–water partition coefficient (Wildman–Crippen LogP) is 2.46. The summed E-state index contributed by atoms with van der Waals surface area (Å²) in [7, 11) is 0. The molecule has 0 spiro atoms. The number of rotatable bonds is 2. The summed E-state index contributed by atoms with van der Waals surface area (Å²) in [5.41, 5.74) is 1.32. The van der Waals surface area contributed by atoms with Gasteiger partial charge in [0.05, 0.1) is 24.9 Å². The van der Waals surface area contributed by atoms with Crippen molar-refractivity contribution in [1.82, 2.24) is 10.3 Å². The van der Waals surface area contributed by atoms with E-state index in [-0.39, 0.29) is 0 Å². The number of nitrogens with zero attached hydrogens (tertiary/aromatic N) is 1. The Hall–Kier alpha value is -0.450. The fraction of sp³-hybridized carbons (Fsp3) is 0.750. The van der Waals surface area contributed by atoms with E-state index in [1.54, 1.807) is 11.3 Å². The smallest absolute Gasteiger partial charge is 0.112 e. The number of morpholine rings is 1. The van der Waals surface area contributed by atoms with E-state index in [2.05, 4.69) is 10.7 Å². The molecule has 1 aromatic rings. The van der Waals surface area contributed by atoms with Crippen LogP contribution in [0, 0.1) is 0 Å². The second-order valence-corrected chi connectivity index (χ2v) is 5.56. The summed E-state index contributed by atoms with van der Waals surface area (Å²) >= 11 is 1.79. The first-order valence-electron chi connectivity index (χ1n) is 6.20. The molecule has 1 saturated heterocycles. The largest absolute Gasteiger partial charge is 0.378 e. The molecule has 1 aliphatic heterocycles. The molecule has 0 amide bonds. The fourth-order valence-corrected chi connectivity index (χ4v) is 3.55. The number of nitrogens with one attached hydrogen (secondary N) is 1. The Labute approximate surface area is 100 Å². The lowest BCUT2D eigenvalue weighted by atomic mass is 10.1. The zero-order chi connectivity index (χ0) is 10.8. The van der Waals surface area contributed by atoms with Gasteiger partial charge in [-0.05, 0) is 12.8 Å². The molecule has 2 fully saturated rings. The average molecular weight is 238 g/mol. The van der Waals surface area contributed by atoms with Crippen LogP contribution in [0.3, 0.4) is 0 Å². The fourth-order valence-electron chi connectivity index (χ4n) is 2.59. The molecule has 0 aromatic carbocycles. The van der Waals surface area contributed by atoms with Gasteiger partial charge in [-0.3, -0.25) is 0 Å². The zero-order valence-electron chi connectivity index (χ0n) is 9.45. The normalized spacial score (nSPS) is 27.4. The Bertz CT molecular complexity index is 341. The van der Waals surface area contributed by atoms with E-state index in [9.17, 15) is 0 Å². The maximum atomic E-state index is 5.48. The molecule has 16 heavy (non-hydrogen) atoms. The van der Waals surface area contributed by atoms with Crippen LogP contribution in [0.25, 0.3) is 0 Å². The van der Waals surface area contributed by atoms with Gasteiger partial charge in [-0.25, -0.2) is 4.98 Å². The Balaban J connectivity index is 1.71. The van der Waals surface area contributed by atoms with Crippen molar-refractivity contribution < 1.29 is 4.74 Å². The van der Waals surface area contributed by atoms with Crippen molar-refractivity contribution >= 4 is 11.3 Å². The first-order valence-corrected chi connectivity index (χ1v) is 7.08. The lowest BCUT2D eigenvalue weighted by molar-refractivity contribution is 0.0767. The number of ether oxygens (including phenoxy) is 1. The molecule has 1 aromatic heterocycles.